The second-order valence-electron chi connectivity index (χ2n) is 11.0. The van der Waals surface area contributed by atoms with E-state index in [1.165, 1.54) is 6.07 Å². The van der Waals surface area contributed by atoms with Crippen molar-refractivity contribution in [3.05, 3.63) is 137 Å². The first-order valence-electron chi connectivity index (χ1n) is 14.3. The van der Waals surface area contributed by atoms with Crippen LogP contribution in [0.5, 0.6) is 5.75 Å². The third-order valence-corrected chi connectivity index (χ3v) is 7.51. The molecule has 0 spiro atoms. The number of aliphatic hydroxyl groups is 2. The highest BCUT2D eigenvalue weighted by molar-refractivity contribution is 5.44. The van der Waals surface area contributed by atoms with Gasteiger partial charge in [-0.2, -0.15) is 8.78 Å². The zero-order chi connectivity index (χ0) is 33.6. The number of aliphatic hydroxyl groups excluding tert-OH is 1. The molecule has 0 saturated heterocycles. The Bertz CT molecular complexity index is 1860. The van der Waals surface area contributed by atoms with Crippen molar-refractivity contribution < 1.29 is 32.5 Å². The zero-order valence-corrected chi connectivity index (χ0v) is 25.4. The fraction of sp³-hybridized carbons (Fsp3) is 0.235. The van der Waals surface area contributed by atoms with Gasteiger partial charge < -0.3 is 19.8 Å². The highest BCUT2D eigenvalue weighted by atomic mass is 19.3. The number of tetrazole rings is 1. The summed E-state index contributed by atoms with van der Waals surface area (Å²) >= 11 is 0. The van der Waals surface area contributed by atoms with E-state index in [-0.39, 0.29) is 12.6 Å². The molecule has 9 nitrogen and oxygen atoms in total. The molecule has 3 aromatic carbocycles. The summed E-state index contributed by atoms with van der Waals surface area (Å²) < 4.78 is 66.9. The van der Waals surface area contributed by atoms with Crippen LogP contribution in [-0.2, 0) is 24.7 Å². The van der Waals surface area contributed by atoms with E-state index in [9.17, 15) is 19.0 Å². The number of rotatable bonds is 11. The minimum atomic E-state index is -4.17. The zero-order valence-electron chi connectivity index (χ0n) is 25.4. The van der Waals surface area contributed by atoms with Crippen LogP contribution in [0.3, 0.4) is 0 Å². The quantitative estimate of drug-likeness (QED) is 0.158. The van der Waals surface area contributed by atoms with Crippen molar-refractivity contribution >= 4 is 0 Å². The van der Waals surface area contributed by atoms with Crippen molar-refractivity contribution in [2.45, 2.75) is 30.7 Å². The van der Waals surface area contributed by atoms with Crippen LogP contribution in [0.2, 0.25) is 0 Å². The topological polar surface area (TPSA) is 109 Å². The lowest BCUT2D eigenvalue weighted by Crippen LogP contribution is -2.48. The van der Waals surface area contributed by atoms with Gasteiger partial charge in [0.2, 0.25) is 0 Å². The average molecular weight is 647 g/mol. The van der Waals surface area contributed by atoms with Crippen molar-refractivity contribution in [3.8, 4) is 17.6 Å². The molecule has 5 rings (SSSR count). The number of halogens is 4. The minimum absolute atomic E-state index is 0.00241. The van der Waals surface area contributed by atoms with Crippen molar-refractivity contribution in [1.29, 1.82) is 0 Å². The fourth-order valence-electron chi connectivity index (χ4n) is 4.93. The first-order chi connectivity index (χ1) is 22.5. The number of likely N-dealkylation sites (N-methyl/N-ethyl adjacent to an activating group) is 1. The SMILES string of the molecule is CN(C)C(CO)c1cccc(COc2ccc(C#Cc3ccc(C(F)(F)C(O)(Cn4cnnn4)c4ccc(F)cc4F)nc3)cc2)c1. The van der Waals surface area contributed by atoms with E-state index >= 15 is 8.78 Å². The third-order valence-electron chi connectivity index (χ3n) is 7.51. The maximum Gasteiger partial charge on any atom is 0.323 e. The molecule has 2 atom stereocenters. The van der Waals surface area contributed by atoms with Gasteiger partial charge in [-0.3, -0.25) is 4.98 Å². The summed E-state index contributed by atoms with van der Waals surface area (Å²) in [7, 11) is 3.81. The smallest absolute Gasteiger partial charge is 0.323 e. The fourth-order valence-corrected chi connectivity index (χ4v) is 4.93. The van der Waals surface area contributed by atoms with Crippen molar-refractivity contribution in [1.82, 2.24) is 30.1 Å². The van der Waals surface area contributed by atoms with Gasteiger partial charge in [-0.05, 0) is 84.2 Å². The number of benzene rings is 3. The molecule has 13 heteroatoms. The Balaban J connectivity index is 1.28. The molecule has 0 bridgehead atoms. The molecular formula is C34H30F4N6O3. The number of ether oxygens (including phenoxy) is 1. The summed E-state index contributed by atoms with van der Waals surface area (Å²) in [6.07, 6.45) is 2.09. The molecule has 5 aromatic rings. The number of hydrogen-bond acceptors (Lipinski definition) is 8. The van der Waals surface area contributed by atoms with Crippen LogP contribution >= 0.6 is 0 Å². The Morgan fingerprint density at radius 3 is 2.34 bits per heavy atom. The molecule has 2 N–H and O–H groups in total. The molecule has 0 aliphatic carbocycles. The van der Waals surface area contributed by atoms with Crippen LogP contribution in [0.15, 0.2) is 91.4 Å². The molecule has 0 amide bonds. The highest BCUT2D eigenvalue weighted by Crippen LogP contribution is 2.46. The maximum atomic E-state index is 15.9. The molecule has 2 heterocycles. The van der Waals surface area contributed by atoms with Crippen LogP contribution in [0, 0.1) is 23.5 Å². The van der Waals surface area contributed by atoms with Crippen LogP contribution in [0.1, 0.15) is 39.6 Å². The van der Waals surface area contributed by atoms with E-state index in [1.807, 2.05) is 43.3 Å². The van der Waals surface area contributed by atoms with Gasteiger partial charge in [0.25, 0.3) is 0 Å². The van der Waals surface area contributed by atoms with Gasteiger partial charge in [-0.1, -0.05) is 36.1 Å². The Labute approximate surface area is 268 Å². The first-order valence-corrected chi connectivity index (χ1v) is 14.3. The van der Waals surface area contributed by atoms with Crippen molar-refractivity contribution in [2.24, 2.45) is 0 Å². The molecule has 242 valence electrons. The number of alkyl halides is 2. The molecule has 2 unspecified atom stereocenters. The molecule has 0 fully saturated rings. The van der Waals surface area contributed by atoms with Crippen LogP contribution in [0.4, 0.5) is 17.6 Å². The van der Waals surface area contributed by atoms with Gasteiger partial charge in [0, 0.05) is 29.0 Å². The Morgan fingerprint density at radius 1 is 0.957 bits per heavy atom. The second kappa shape index (κ2) is 14.1. The van der Waals surface area contributed by atoms with E-state index in [0.29, 0.717) is 29.5 Å². The van der Waals surface area contributed by atoms with Gasteiger partial charge in [0.1, 0.15) is 36.0 Å². The van der Waals surface area contributed by atoms with Crippen LogP contribution < -0.4 is 4.74 Å². The van der Waals surface area contributed by atoms with E-state index in [4.69, 9.17) is 4.74 Å². The van der Waals surface area contributed by atoms with Crippen molar-refractivity contribution in [2.75, 3.05) is 20.7 Å². The van der Waals surface area contributed by atoms with E-state index < -0.39 is 41.0 Å². The molecule has 0 aliphatic rings. The van der Waals surface area contributed by atoms with Gasteiger partial charge in [0.15, 0.2) is 5.60 Å². The molecule has 0 saturated carbocycles. The largest absolute Gasteiger partial charge is 0.489 e. The molecule has 0 aliphatic heterocycles. The Kier molecular flexibility index (Phi) is 9.95. The number of aromatic nitrogens is 5. The van der Waals surface area contributed by atoms with Gasteiger partial charge >= 0.3 is 5.92 Å². The van der Waals surface area contributed by atoms with E-state index in [2.05, 4.69) is 32.4 Å². The summed E-state index contributed by atoms with van der Waals surface area (Å²) in [6, 6.07) is 18.9. The van der Waals surface area contributed by atoms with E-state index in [1.54, 1.807) is 24.3 Å². The van der Waals surface area contributed by atoms with Crippen molar-refractivity contribution in [3.63, 3.8) is 0 Å². The monoisotopic (exact) mass is 646 g/mol. The summed E-state index contributed by atoms with van der Waals surface area (Å²) in [6.45, 7) is -0.630. The van der Waals surface area contributed by atoms with E-state index in [0.717, 1.165) is 46.5 Å². The van der Waals surface area contributed by atoms with Gasteiger partial charge in [-0.25, -0.2) is 13.5 Å². The van der Waals surface area contributed by atoms with Crippen LogP contribution in [0.25, 0.3) is 0 Å². The molecule has 0 radical (unpaired) electrons. The minimum Gasteiger partial charge on any atom is -0.489 e. The lowest BCUT2D eigenvalue weighted by atomic mass is 9.84. The molecule has 47 heavy (non-hydrogen) atoms. The highest BCUT2D eigenvalue weighted by Gasteiger charge is 2.58. The molecular weight excluding hydrogens is 616 g/mol. The summed E-state index contributed by atoms with van der Waals surface area (Å²) in [4.78, 5) is 5.77. The summed E-state index contributed by atoms with van der Waals surface area (Å²) in [5, 5.41) is 31.2. The average Bonchev–Trinajstić information content (AvgIpc) is 3.56. The predicted octanol–water partition coefficient (Wildman–Crippen LogP) is 4.60. The Hall–Kier alpha value is -5.16. The van der Waals surface area contributed by atoms with Gasteiger partial charge in [-0.15, -0.1) is 5.10 Å². The van der Waals surface area contributed by atoms with Crippen LogP contribution in [-0.4, -0.2) is 61.0 Å². The lowest BCUT2D eigenvalue weighted by Gasteiger charge is -2.35. The first kappa shape index (κ1) is 33.2. The predicted molar refractivity (Wildman–Crippen MR) is 163 cm³/mol. The Morgan fingerprint density at radius 2 is 1.70 bits per heavy atom. The number of pyridine rings is 1. The van der Waals surface area contributed by atoms with Gasteiger partial charge in [0.05, 0.1) is 19.2 Å². The molecule has 2 aromatic heterocycles. The normalized spacial score (nSPS) is 13.5. The lowest BCUT2D eigenvalue weighted by molar-refractivity contribution is -0.207. The maximum absolute atomic E-state index is 15.9. The summed E-state index contributed by atoms with van der Waals surface area (Å²) in [5.74, 6) is -0.137. The third kappa shape index (κ3) is 7.47. The number of nitrogens with zero attached hydrogens (tertiary/aromatic N) is 6. The standard InChI is InChI=1S/C34H30F4N6O3/c1-43(2)31(19-45)26-5-3-4-25(16-26)20-47-28-12-8-23(9-13-28)6-7-24-10-15-32(39-18-24)34(37,38)33(46,21-44-22-40-41-42-44)29-14-11-27(35)17-30(29)36/h3-5,8-18,22,31,45-46H,19-21H2,1-2H3. The summed E-state index contributed by atoms with van der Waals surface area (Å²) in [5.41, 5.74) is -2.09. The number of hydrogen-bond donors (Lipinski definition) is 2. The second-order valence-corrected chi connectivity index (χ2v) is 11.0.